The van der Waals surface area contributed by atoms with Crippen molar-refractivity contribution in [3.8, 4) is 0 Å². The Morgan fingerprint density at radius 2 is 0.818 bits per heavy atom. The minimum absolute atomic E-state index is 0.446. The highest BCUT2D eigenvalue weighted by Gasteiger charge is 2.14. The quantitative estimate of drug-likeness (QED) is 0.654. The van der Waals surface area contributed by atoms with Crippen molar-refractivity contribution in [2.75, 3.05) is 7.11 Å². The number of benzene rings is 3. The predicted octanol–water partition coefficient (Wildman–Crippen LogP) is 4.23. The van der Waals surface area contributed by atoms with Gasteiger partial charge in [-0.15, -0.1) is 0 Å². The van der Waals surface area contributed by atoms with E-state index in [4.69, 9.17) is 0 Å². The van der Waals surface area contributed by atoms with Gasteiger partial charge in [0, 0.05) is 0 Å². The van der Waals surface area contributed by atoms with E-state index in [9.17, 15) is 0 Å². The van der Waals surface area contributed by atoms with Crippen LogP contribution in [-0.4, -0.2) is 7.11 Å². The Kier molecular flexibility index (Phi) is 7.12. The van der Waals surface area contributed by atoms with Crippen molar-refractivity contribution in [3.05, 3.63) is 91.0 Å². The Morgan fingerprint density at radius 3 is 1.05 bits per heavy atom. The standard InChI is InChI=1S/C18H15P.CH3ClO/c1-4-10-16(11-5-1)19(17-12-6-2-7-13-17)18-14-8-3-9-15-18;1-3-2/h1-15H;1H3. The van der Waals surface area contributed by atoms with Crippen molar-refractivity contribution < 1.29 is 4.29 Å². The lowest BCUT2D eigenvalue weighted by Gasteiger charge is -2.18. The third-order valence-electron chi connectivity index (χ3n) is 3.04. The second-order valence-electron chi connectivity index (χ2n) is 4.50. The summed E-state index contributed by atoms with van der Waals surface area (Å²) in [6, 6.07) is 32.3. The Balaban J connectivity index is 0.000000545. The molecule has 3 rings (SSSR count). The summed E-state index contributed by atoms with van der Waals surface area (Å²) in [5, 5.41) is 4.19. The molecule has 112 valence electrons. The molecule has 0 aliphatic heterocycles. The van der Waals surface area contributed by atoms with Crippen LogP contribution in [-0.2, 0) is 4.29 Å². The number of hydrogen-bond acceptors (Lipinski definition) is 1. The molecule has 22 heavy (non-hydrogen) atoms. The average molecular weight is 329 g/mol. The van der Waals surface area contributed by atoms with Gasteiger partial charge in [-0.3, -0.25) is 4.29 Å². The molecule has 1 nitrogen and oxygen atoms in total. The van der Waals surface area contributed by atoms with Crippen molar-refractivity contribution in [1.29, 1.82) is 0 Å². The van der Waals surface area contributed by atoms with Gasteiger partial charge in [-0.05, 0) is 23.8 Å². The lowest BCUT2D eigenvalue weighted by Crippen LogP contribution is -2.20. The van der Waals surface area contributed by atoms with Gasteiger partial charge in [0.05, 0.1) is 19.0 Å². The number of hydrogen-bond donors (Lipinski definition) is 0. The highest BCUT2D eigenvalue weighted by Crippen LogP contribution is 2.32. The molecular weight excluding hydrogens is 311 g/mol. The Bertz CT molecular complexity index is 550. The van der Waals surface area contributed by atoms with Crippen LogP contribution in [0.15, 0.2) is 91.0 Å². The second kappa shape index (κ2) is 9.38. The van der Waals surface area contributed by atoms with E-state index in [1.165, 1.54) is 23.0 Å². The molecule has 0 saturated carbocycles. The third-order valence-corrected chi connectivity index (χ3v) is 5.49. The van der Waals surface area contributed by atoms with Gasteiger partial charge in [-0.1, -0.05) is 91.0 Å². The van der Waals surface area contributed by atoms with Gasteiger partial charge in [0.1, 0.15) is 0 Å². The number of rotatable bonds is 3. The van der Waals surface area contributed by atoms with Crippen LogP contribution in [0.1, 0.15) is 0 Å². The largest absolute Gasteiger partial charge is 0.283 e. The van der Waals surface area contributed by atoms with Crippen LogP contribution in [0.25, 0.3) is 0 Å². The van der Waals surface area contributed by atoms with Crippen LogP contribution >= 0.6 is 19.8 Å². The van der Waals surface area contributed by atoms with Gasteiger partial charge in [0.25, 0.3) is 0 Å². The first-order valence-corrected chi connectivity index (χ1v) is 8.62. The van der Waals surface area contributed by atoms with E-state index in [0.717, 1.165) is 0 Å². The molecule has 0 spiro atoms. The zero-order valence-electron chi connectivity index (χ0n) is 12.4. The van der Waals surface area contributed by atoms with Gasteiger partial charge in [0.15, 0.2) is 0 Å². The molecule has 0 amide bonds. The smallest absolute Gasteiger partial charge is 0.0606 e. The fraction of sp³-hybridized carbons (Fsp3) is 0.0526. The first kappa shape index (κ1) is 16.7. The summed E-state index contributed by atoms with van der Waals surface area (Å²) in [5.74, 6) is 0. The van der Waals surface area contributed by atoms with Gasteiger partial charge in [0.2, 0.25) is 0 Å². The molecule has 3 aromatic rings. The minimum atomic E-state index is -0.446. The molecule has 0 radical (unpaired) electrons. The summed E-state index contributed by atoms with van der Waals surface area (Å²) in [5.41, 5.74) is 0. The molecule has 0 saturated heterocycles. The van der Waals surface area contributed by atoms with E-state index in [1.807, 2.05) is 0 Å². The summed E-state index contributed by atoms with van der Waals surface area (Å²) >= 11 is 4.50. The minimum Gasteiger partial charge on any atom is -0.283 e. The van der Waals surface area contributed by atoms with Gasteiger partial charge >= 0.3 is 0 Å². The van der Waals surface area contributed by atoms with Crippen molar-refractivity contribution in [2.24, 2.45) is 0 Å². The summed E-state index contributed by atoms with van der Waals surface area (Å²) in [4.78, 5) is 0. The van der Waals surface area contributed by atoms with Crippen molar-refractivity contribution >= 4 is 35.7 Å². The molecule has 0 aromatic heterocycles. The summed E-state index contributed by atoms with van der Waals surface area (Å²) < 4.78 is 3.72. The monoisotopic (exact) mass is 328 g/mol. The van der Waals surface area contributed by atoms with E-state index < -0.39 is 7.92 Å². The number of halogens is 1. The lowest BCUT2D eigenvalue weighted by molar-refractivity contribution is 0.463. The topological polar surface area (TPSA) is 9.23 Å². The van der Waals surface area contributed by atoms with Crippen LogP contribution in [0.5, 0.6) is 0 Å². The van der Waals surface area contributed by atoms with Crippen LogP contribution in [0.2, 0.25) is 0 Å². The molecule has 0 heterocycles. The maximum atomic E-state index is 4.50. The molecule has 0 N–H and O–H groups in total. The van der Waals surface area contributed by atoms with Crippen LogP contribution in [0.4, 0.5) is 0 Å². The maximum absolute atomic E-state index is 4.50. The van der Waals surface area contributed by atoms with Gasteiger partial charge in [-0.2, -0.15) is 0 Å². The van der Waals surface area contributed by atoms with Crippen molar-refractivity contribution in [3.63, 3.8) is 0 Å². The highest BCUT2D eigenvalue weighted by molar-refractivity contribution is 7.79. The van der Waals surface area contributed by atoms with Crippen LogP contribution < -0.4 is 15.9 Å². The molecule has 0 unspecified atom stereocenters. The molecule has 0 aliphatic rings. The Morgan fingerprint density at radius 1 is 0.591 bits per heavy atom. The Hall–Kier alpha value is -1.66. The molecule has 0 bridgehead atoms. The summed E-state index contributed by atoms with van der Waals surface area (Å²) in [7, 11) is 0.944. The molecule has 3 aromatic carbocycles. The zero-order chi connectivity index (χ0) is 15.6. The summed E-state index contributed by atoms with van der Waals surface area (Å²) in [6.07, 6.45) is 0. The van der Waals surface area contributed by atoms with E-state index in [0.29, 0.717) is 0 Å². The van der Waals surface area contributed by atoms with Gasteiger partial charge in [-0.25, -0.2) is 0 Å². The fourth-order valence-electron chi connectivity index (χ4n) is 2.18. The normalized spacial score (nSPS) is 9.95. The molecule has 0 fully saturated rings. The lowest BCUT2D eigenvalue weighted by atomic mass is 10.4. The maximum Gasteiger partial charge on any atom is 0.0606 e. The highest BCUT2D eigenvalue weighted by atomic mass is 35.5. The zero-order valence-corrected chi connectivity index (χ0v) is 14.0. The molecular formula is C19H18ClOP. The predicted molar refractivity (Wildman–Crippen MR) is 98.0 cm³/mol. The van der Waals surface area contributed by atoms with Crippen LogP contribution in [0.3, 0.4) is 0 Å². The van der Waals surface area contributed by atoms with Crippen molar-refractivity contribution in [2.45, 2.75) is 0 Å². The average Bonchev–Trinajstić information content (AvgIpc) is 2.59. The molecule has 0 aliphatic carbocycles. The van der Waals surface area contributed by atoms with Gasteiger partial charge < -0.3 is 0 Å². The second-order valence-corrected chi connectivity index (χ2v) is 7.02. The van der Waals surface area contributed by atoms with E-state index in [2.05, 4.69) is 107 Å². The SMILES string of the molecule is COCl.c1ccc(P(c2ccccc2)c2ccccc2)cc1. The van der Waals surface area contributed by atoms with Crippen molar-refractivity contribution in [1.82, 2.24) is 0 Å². The Labute approximate surface area is 138 Å². The fourth-order valence-corrected chi connectivity index (χ4v) is 4.48. The summed E-state index contributed by atoms with van der Waals surface area (Å²) in [6.45, 7) is 0. The van der Waals surface area contributed by atoms with E-state index >= 15 is 0 Å². The van der Waals surface area contributed by atoms with E-state index in [1.54, 1.807) is 0 Å². The first-order chi connectivity index (χ1) is 10.9. The third kappa shape index (κ3) is 4.68. The van der Waals surface area contributed by atoms with E-state index in [-0.39, 0.29) is 0 Å². The molecule has 0 atom stereocenters. The molecule has 3 heteroatoms. The first-order valence-electron chi connectivity index (χ1n) is 6.97. The van der Waals surface area contributed by atoms with Crippen LogP contribution in [0, 0.1) is 0 Å².